The Labute approximate surface area is 114 Å². The van der Waals surface area contributed by atoms with E-state index in [0.29, 0.717) is 11.3 Å². The third kappa shape index (κ3) is 3.26. The second kappa shape index (κ2) is 5.61. The van der Waals surface area contributed by atoms with Crippen molar-refractivity contribution in [3.63, 3.8) is 0 Å². The summed E-state index contributed by atoms with van der Waals surface area (Å²) >= 11 is 0. The molecule has 1 aliphatic rings. The van der Waals surface area contributed by atoms with Crippen LogP contribution in [0.2, 0.25) is 0 Å². The Morgan fingerprint density at radius 1 is 1.42 bits per heavy atom. The SMILES string of the molecule is COc1cccc(C(=O)NC2(CN(C)C)CCC2)c1. The molecule has 1 N–H and O–H groups in total. The lowest BCUT2D eigenvalue weighted by Crippen LogP contribution is -2.58. The first kappa shape index (κ1) is 13.9. The van der Waals surface area contributed by atoms with E-state index in [1.807, 2.05) is 32.3 Å². The van der Waals surface area contributed by atoms with Gasteiger partial charge >= 0.3 is 0 Å². The Bertz CT molecular complexity index is 453. The highest BCUT2D eigenvalue weighted by Crippen LogP contribution is 2.32. The van der Waals surface area contributed by atoms with Gasteiger partial charge in [0, 0.05) is 12.1 Å². The van der Waals surface area contributed by atoms with Crippen molar-refractivity contribution in [3.8, 4) is 5.75 Å². The molecule has 1 aromatic carbocycles. The number of ether oxygens (including phenoxy) is 1. The predicted molar refractivity (Wildman–Crippen MR) is 75.6 cm³/mol. The van der Waals surface area contributed by atoms with Crippen LogP contribution in [-0.4, -0.2) is 44.1 Å². The van der Waals surface area contributed by atoms with Crippen molar-refractivity contribution in [1.82, 2.24) is 10.2 Å². The number of hydrogen-bond acceptors (Lipinski definition) is 3. The Kier molecular flexibility index (Phi) is 4.10. The Morgan fingerprint density at radius 3 is 2.68 bits per heavy atom. The molecule has 1 fully saturated rings. The van der Waals surface area contributed by atoms with Crippen LogP contribution in [0.25, 0.3) is 0 Å². The molecule has 1 aromatic rings. The average Bonchev–Trinajstić information content (AvgIpc) is 2.35. The molecule has 0 radical (unpaired) electrons. The van der Waals surface area contributed by atoms with Gasteiger partial charge in [-0.05, 0) is 51.6 Å². The second-order valence-electron chi connectivity index (χ2n) is 5.56. The first-order valence-corrected chi connectivity index (χ1v) is 6.66. The first-order valence-electron chi connectivity index (χ1n) is 6.66. The van der Waals surface area contributed by atoms with Crippen molar-refractivity contribution in [2.75, 3.05) is 27.7 Å². The van der Waals surface area contributed by atoms with Crippen LogP contribution in [-0.2, 0) is 0 Å². The van der Waals surface area contributed by atoms with Gasteiger partial charge in [0.25, 0.3) is 5.91 Å². The number of nitrogens with one attached hydrogen (secondary N) is 1. The Morgan fingerprint density at radius 2 is 2.16 bits per heavy atom. The van der Waals surface area contributed by atoms with E-state index in [1.54, 1.807) is 13.2 Å². The van der Waals surface area contributed by atoms with E-state index >= 15 is 0 Å². The molecule has 1 amide bonds. The number of amides is 1. The van der Waals surface area contributed by atoms with Gasteiger partial charge in [-0.1, -0.05) is 6.07 Å². The van der Waals surface area contributed by atoms with Crippen LogP contribution in [0, 0.1) is 0 Å². The van der Waals surface area contributed by atoms with Crippen molar-refractivity contribution in [2.24, 2.45) is 0 Å². The molecule has 19 heavy (non-hydrogen) atoms. The number of hydrogen-bond donors (Lipinski definition) is 1. The van der Waals surface area contributed by atoms with Gasteiger partial charge in [0.05, 0.1) is 12.6 Å². The summed E-state index contributed by atoms with van der Waals surface area (Å²) in [6.45, 7) is 0.892. The summed E-state index contributed by atoms with van der Waals surface area (Å²) < 4.78 is 5.15. The topological polar surface area (TPSA) is 41.6 Å². The molecule has 4 heteroatoms. The number of carbonyl (C=O) groups excluding carboxylic acids is 1. The molecule has 0 atom stereocenters. The van der Waals surface area contributed by atoms with Crippen molar-refractivity contribution in [1.29, 1.82) is 0 Å². The normalized spacial score (nSPS) is 16.8. The average molecular weight is 262 g/mol. The van der Waals surface area contributed by atoms with Gasteiger partial charge in [-0.25, -0.2) is 0 Å². The minimum Gasteiger partial charge on any atom is -0.497 e. The van der Waals surface area contributed by atoms with Crippen LogP contribution in [0.3, 0.4) is 0 Å². The number of benzene rings is 1. The Hall–Kier alpha value is -1.55. The van der Waals surface area contributed by atoms with Gasteiger partial charge in [-0.15, -0.1) is 0 Å². The second-order valence-corrected chi connectivity index (χ2v) is 5.56. The van der Waals surface area contributed by atoms with E-state index in [0.717, 1.165) is 19.4 Å². The Balaban J connectivity index is 2.07. The maximum atomic E-state index is 12.3. The van der Waals surface area contributed by atoms with E-state index in [1.165, 1.54) is 6.42 Å². The van der Waals surface area contributed by atoms with Crippen LogP contribution in [0.1, 0.15) is 29.6 Å². The lowest BCUT2D eigenvalue weighted by Gasteiger charge is -2.44. The van der Waals surface area contributed by atoms with Crippen LogP contribution in [0.5, 0.6) is 5.75 Å². The summed E-state index contributed by atoms with van der Waals surface area (Å²) in [5.74, 6) is 0.698. The number of methoxy groups -OCH3 is 1. The van der Waals surface area contributed by atoms with Crippen molar-refractivity contribution in [3.05, 3.63) is 29.8 Å². The number of rotatable bonds is 5. The zero-order chi connectivity index (χ0) is 13.9. The van der Waals surface area contributed by atoms with E-state index in [4.69, 9.17) is 4.74 Å². The molecular formula is C15H22N2O2. The van der Waals surface area contributed by atoms with Crippen LogP contribution in [0.15, 0.2) is 24.3 Å². The lowest BCUT2D eigenvalue weighted by molar-refractivity contribution is 0.0772. The molecule has 104 valence electrons. The van der Waals surface area contributed by atoms with Crippen molar-refractivity contribution in [2.45, 2.75) is 24.8 Å². The zero-order valence-corrected chi connectivity index (χ0v) is 11.9. The standard InChI is InChI=1S/C15H22N2O2/c1-17(2)11-15(8-5-9-15)16-14(18)12-6-4-7-13(10-12)19-3/h4,6-7,10H,5,8-9,11H2,1-3H3,(H,16,18). The molecule has 1 saturated carbocycles. The van der Waals surface area contributed by atoms with E-state index in [2.05, 4.69) is 10.2 Å². The largest absolute Gasteiger partial charge is 0.497 e. The fourth-order valence-electron chi connectivity index (χ4n) is 2.61. The summed E-state index contributed by atoms with van der Waals surface area (Å²) in [5, 5.41) is 3.19. The van der Waals surface area contributed by atoms with Crippen molar-refractivity contribution >= 4 is 5.91 Å². The number of likely N-dealkylation sites (N-methyl/N-ethyl adjacent to an activating group) is 1. The number of carbonyl (C=O) groups is 1. The van der Waals surface area contributed by atoms with Gasteiger partial charge in [0.15, 0.2) is 0 Å². The van der Waals surface area contributed by atoms with Gasteiger partial charge in [0.2, 0.25) is 0 Å². The summed E-state index contributed by atoms with van der Waals surface area (Å²) in [4.78, 5) is 14.4. The molecule has 0 aromatic heterocycles. The fourth-order valence-corrected chi connectivity index (χ4v) is 2.61. The molecule has 0 bridgehead atoms. The molecule has 1 aliphatic carbocycles. The number of nitrogens with zero attached hydrogens (tertiary/aromatic N) is 1. The maximum absolute atomic E-state index is 12.3. The molecule has 2 rings (SSSR count). The van der Waals surface area contributed by atoms with Gasteiger partial charge in [0.1, 0.15) is 5.75 Å². The lowest BCUT2D eigenvalue weighted by atomic mass is 9.76. The molecule has 4 nitrogen and oxygen atoms in total. The molecular weight excluding hydrogens is 240 g/mol. The van der Waals surface area contributed by atoms with Gasteiger partial charge < -0.3 is 15.0 Å². The van der Waals surface area contributed by atoms with Crippen LogP contribution in [0.4, 0.5) is 0 Å². The molecule has 0 spiro atoms. The highest BCUT2D eigenvalue weighted by molar-refractivity contribution is 5.95. The summed E-state index contributed by atoms with van der Waals surface area (Å²) in [6, 6.07) is 7.28. The van der Waals surface area contributed by atoms with Crippen molar-refractivity contribution < 1.29 is 9.53 Å². The van der Waals surface area contributed by atoms with Crippen LogP contribution >= 0.6 is 0 Å². The quantitative estimate of drug-likeness (QED) is 0.881. The predicted octanol–water partition coefficient (Wildman–Crippen LogP) is 1.91. The zero-order valence-electron chi connectivity index (χ0n) is 11.9. The maximum Gasteiger partial charge on any atom is 0.251 e. The molecule has 0 aliphatic heterocycles. The van der Waals surface area contributed by atoms with E-state index < -0.39 is 0 Å². The van der Waals surface area contributed by atoms with Gasteiger partial charge in [-0.3, -0.25) is 4.79 Å². The summed E-state index contributed by atoms with van der Waals surface area (Å²) in [5.41, 5.74) is 0.605. The molecule has 0 saturated heterocycles. The minimum atomic E-state index is -0.0519. The summed E-state index contributed by atoms with van der Waals surface area (Å²) in [7, 11) is 5.69. The van der Waals surface area contributed by atoms with E-state index in [-0.39, 0.29) is 11.4 Å². The highest BCUT2D eigenvalue weighted by Gasteiger charge is 2.38. The molecule has 0 unspecified atom stereocenters. The molecule has 0 heterocycles. The smallest absolute Gasteiger partial charge is 0.251 e. The summed E-state index contributed by atoms with van der Waals surface area (Å²) in [6.07, 6.45) is 3.30. The third-order valence-electron chi connectivity index (χ3n) is 3.64. The first-order chi connectivity index (χ1) is 9.04. The minimum absolute atomic E-state index is 0.0135. The highest BCUT2D eigenvalue weighted by atomic mass is 16.5. The van der Waals surface area contributed by atoms with Gasteiger partial charge in [-0.2, -0.15) is 0 Å². The third-order valence-corrected chi connectivity index (χ3v) is 3.64. The van der Waals surface area contributed by atoms with E-state index in [9.17, 15) is 4.79 Å². The monoisotopic (exact) mass is 262 g/mol. The van der Waals surface area contributed by atoms with Crippen LogP contribution < -0.4 is 10.1 Å². The fraction of sp³-hybridized carbons (Fsp3) is 0.533.